The van der Waals surface area contributed by atoms with Gasteiger partial charge in [0.15, 0.2) is 0 Å². The number of hydrogen-bond donors (Lipinski definition) is 3. The molecule has 1 aliphatic rings. The second kappa shape index (κ2) is 6.38. The van der Waals surface area contributed by atoms with Crippen LogP contribution in [0.5, 0.6) is 0 Å². The molecule has 3 aromatic heterocycles. The van der Waals surface area contributed by atoms with E-state index in [-0.39, 0.29) is 11.5 Å². The van der Waals surface area contributed by atoms with Crippen LogP contribution in [0.4, 0.5) is 5.69 Å². The zero-order chi connectivity index (χ0) is 19.2. The number of nitrogens with two attached hydrogens (primary N) is 1. The molecule has 0 spiro atoms. The van der Waals surface area contributed by atoms with Gasteiger partial charge in [0.1, 0.15) is 0 Å². The van der Waals surface area contributed by atoms with E-state index in [0.29, 0.717) is 5.56 Å². The smallest absolute Gasteiger partial charge is 0.252 e. The minimum atomic E-state index is -0.488. The number of primary amides is 1. The number of carbonyl (C=O) groups is 1. The van der Waals surface area contributed by atoms with Crippen molar-refractivity contribution >= 4 is 17.1 Å². The molecule has 4 heterocycles. The number of aromatic nitrogens is 4. The molecule has 8 heteroatoms. The average Bonchev–Trinajstić information content (AvgIpc) is 3.33. The first-order valence-corrected chi connectivity index (χ1v) is 9.20. The maximum Gasteiger partial charge on any atom is 0.252 e. The van der Waals surface area contributed by atoms with Gasteiger partial charge in [0.2, 0.25) is 0 Å². The van der Waals surface area contributed by atoms with Crippen LogP contribution in [-0.2, 0) is 6.54 Å². The Bertz CT molecular complexity index is 1000. The molecular formula is C19H25N7O. The van der Waals surface area contributed by atoms with Gasteiger partial charge in [0, 0.05) is 49.2 Å². The Balaban J connectivity index is 1.81. The highest BCUT2D eigenvalue weighted by molar-refractivity contribution is 6.02. The van der Waals surface area contributed by atoms with E-state index in [0.717, 1.165) is 42.0 Å². The lowest BCUT2D eigenvalue weighted by Crippen LogP contribution is -2.35. The van der Waals surface area contributed by atoms with Crippen molar-refractivity contribution in [3.05, 3.63) is 36.4 Å². The summed E-state index contributed by atoms with van der Waals surface area (Å²) >= 11 is 0. The average molecular weight is 367 g/mol. The SMILES string of the molecule is CCn1cc(-c2cc3c(NC4CNCC4(C)C)c(C(N)=O)cnn3c2)cn1. The highest BCUT2D eigenvalue weighted by Gasteiger charge is 2.35. The molecule has 0 radical (unpaired) electrons. The number of rotatable bonds is 5. The first-order valence-electron chi connectivity index (χ1n) is 9.20. The number of nitrogens with one attached hydrogen (secondary N) is 2. The van der Waals surface area contributed by atoms with E-state index in [1.165, 1.54) is 6.20 Å². The third kappa shape index (κ3) is 3.06. The lowest BCUT2D eigenvalue weighted by atomic mass is 9.87. The Hall–Kier alpha value is -2.87. The summed E-state index contributed by atoms with van der Waals surface area (Å²) in [6.07, 6.45) is 7.32. The summed E-state index contributed by atoms with van der Waals surface area (Å²) in [5, 5.41) is 15.7. The minimum Gasteiger partial charge on any atom is -0.378 e. The van der Waals surface area contributed by atoms with Gasteiger partial charge in [-0.15, -0.1) is 0 Å². The van der Waals surface area contributed by atoms with Gasteiger partial charge in [0.05, 0.1) is 29.2 Å². The molecule has 142 valence electrons. The normalized spacial score (nSPS) is 18.9. The van der Waals surface area contributed by atoms with E-state index in [1.807, 2.05) is 36.3 Å². The summed E-state index contributed by atoms with van der Waals surface area (Å²) in [6.45, 7) is 9.02. The maximum atomic E-state index is 12.0. The van der Waals surface area contributed by atoms with Crippen LogP contribution in [0, 0.1) is 5.41 Å². The number of carbonyl (C=O) groups excluding carboxylic acids is 1. The molecule has 4 N–H and O–H groups in total. The van der Waals surface area contributed by atoms with Crippen molar-refractivity contribution < 1.29 is 4.79 Å². The summed E-state index contributed by atoms with van der Waals surface area (Å²) in [4.78, 5) is 12.0. The van der Waals surface area contributed by atoms with Gasteiger partial charge in [-0.2, -0.15) is 10.2 Å². The second-order valence-electron chi connectivity index (χ2n) is 7.76. The Kier molecular flexibility index (Phi) is 4.15. The zero-order valence-electron chi connectivity index (χ0n) is 15.9. The monoisotopic (exact) mass is 367 g/mol. The van der Waals surface area contributed by atoms with Gasteiger partial charge < -0.3 is 16.4 Å². The molecule has 4 rings (SSSR count). The van der Waals surface area contributed by atoms with Crippen molar-refractivity contribution in [2.75, 3.05) is 18.4 Å². The molecule has 0 bridgehead atoms. The van der Waals surface area contributed by atoms with Crippen molar-refractivity contribution in [2.24, 2.45) is 11.1 Å². The topological polar surface area (TPSA) is 102 Å². The van der Waals surface area contributed by atoms with Crippen molar-refractivity contribution in [3.63, 3.8) is 0 Å². The van der Waals surface area contributed by atoms with Crippen LogP contribution in [0.15, 0.2) is 30.9 Å². The number of aryl methyl sites for hydroxylation is 1. The minimum absolute atomic E-state index is 0.0624. The van der Waals surface area contributed by atoms with Crippen molar-refractivity contribution in [2.45, 2.75) is 33.4 Å². The Labute approximate surface area is 157 Å². The fourth-order valence-electron chi connectivity index (χ4n) is 3.60. The highest BCUT2D eigenvalue weighted by atomic mass is 16.1. The number of amides is 1. The fraction of sp³-hybridized carbons (Fsp3) is 0.421. The fourth-order valence-corrected chi connectivity index (χ4v) is 3.60. The summed E-state index contributed by atoms with van der Waals surface area (Å²) in [5.41, 5.74) is 9.66. The van der Waals surface area contributed by atoms with Crippen LogP contribution >= 0.6 is 0 Å². The lowest BCUT2D eigenvalue weighted by molar-refractivity contribution is 0.100. The van der Waals surface area contributed by atoms with Crippen LogP contribution in [0.25, 0.3) is 16.6 Å². The van der Waals surface area contributed by atoms with E-state index >= 15 is 0 Å². The molecule has 1 atom stereocenters. The van der Waals surface area contributed by atoms with E-state index in [1.54, 1.807) is 4.52 Å². The molecule has 1 amide bonds. The maximum absolute atomic E-state index is 12.0. The molecule has 1 saturated heterocycles. The predicted octanol–water partition coefficient (Wildman–Crippen LogP) is 1.73. The largest absolute Gasteiger partial charge is 0.378 e. The van der Waals surface area contributed by atoms with Crippen molar-refractivity contribution in [1.29, 1.82) is 0 Å². The van der Waals surface area contributed by atoms with Gasteiger partial charge in [-0.25, -0.2) is 4.52 Å². The van der Waals surface area contributed by atoms with E-state index in [4.69, 9.17) is 5.73 Å². The summed E-state index contributed by atoms with van der Waals surface area (Å²) < 4.78 is 3.66. The van der Waals surface area contributed by atoms with Crippen molar-refractivity contribution in [1.82, 2.24) is 24.7 Å². The Morgan fingerprint density at radius 3 is 2.78 bits per heavy atom. The molecule has 3 aromatic rings. The summed E-state index contributed by atoms with van der Waals surface area (Å²) in [7, 11) is 0. The Morgan fingerprint density at radius 2 is 2.15 bits per heavy atom. The molecule has 0 aliphatic carbocycles. The van der Waals surface area contributed by atoms with E-state index < -0.39 is 5.91 Å². The van der Waals surface area contributed by atoms with Crippen LogP contribution in [0.1, 0.15) is 31.1 Å². The standard InChI is InChI=1S/C19H25N7O/c1-4-25-9-13(6-22-25)12-5-15-17(24-16-8-21-11-19(16,2)3)14(18(20)27)7-23-26(15)10-12/h5-7,9-10,16,21,24H,4,8,11H2,1-3H3,(H2,20,27). The number of anilines is 1. The predicted molar refractivity (Wildman–Crippen MR) is 105 cm³/mol. The third-order valence-electron chi connectivity index (χ3n) is 5.38. The molecule has 0 aromatic carbocycles. The van der Waals surface area contributed by atoms with Crippen LogP contribution < -0.4 is 16.4 Å². The molecule has 0 saturated carbocycles. The van der Waals surface area contributed by atoms with E-state index in [2.05, 4.69) is 34.7 Å². The Morgan fingerprint density at radius 1 is 1.33 bits per heavy atom. The molecule has 1 unspecified atom stereocenters. The van der Waals surface area contributed by atoms with Gasteiger partial charge in [-0.05, 0) is 18.4 Å². The number of hydrogen-bond acceptors (Lipinski definition) is 5. The lowest BCUT2D eigenvalue weighted by Gasteiger charge is -2.28. The molecule has 1 fully saturated rings. The van der Waals surface area contributed by atoms with E-state index in [9.17, 15) is 4.79 Å². The van der Waals surface area contributed by atoms with Crippen LogP contribution in [0.2, 0.25) is 0 Å². The molecule has 27 heavy (non-hydrogen) atoms. The van der Waals surface area contributed by atoms with Crippen molar-refractivity contribution in [3.8, 4) is 11.1 Å². The number of fused-ring (bicyclic) bond motifs is 1. The number of nitrogens with zero attached hydrogens (tertiary/aromatic N) is 4. The van der Waals surface area contributed by atoms with Gasteiger partial charge in [0.25, 0.3) is 5.91 Å². The van der Waals surface area contributed by atoms with Gasteiger partial charge in [-0.1, -0.05) is 13.8 Å². The molecule has 8 nitrogen and oxygen atoms in total. The molecular weight excluding hydrogens is 342 g/mol. The highest BCUT2D eigenvalue weighted by Crippen LogP contribution is 2.32. The zero-order valence-corrected chi connectivity index (χ0v) is 15.9. The first kappa shape index (κ1) is 17.5. The molecule has 1 aliphatic heterocycles. The van der Waals surface area contributed by atoms with Gasteiger partial charge >= 0.3 is 0 Å². The second-order valence-corrected chi connectivity index (χ2v) is 7.76. The summed E-state index contributed by atoms with van der Waals surface area (Å²) in [6, 6.07) is 2.21. The summed E-state index contributed by atoms with van der Waals surface area (Å²) in [5.74, 6) is -0.488. The van der Waals surface area contributed by atoms with Crippen LogP contribution in [0.3, 0.4) is 0 Å². The third-order valence-corrected chi connectivity index (χ3v) is 5.38. The first-order chi connectivity index (χ1) is 12.9. The van der Waals surface area contributed by atoms with Gasteiger partial charge in [-0.3, -0.25) is 9.48 Å². The quantitative estimate of drug-likeness (QED) is 0.637. The van der Waals surface area contributed by atoms with Crippen LogP contribution in [-0.4, -0.2) is 44.4 Å².